The first-order valence-electron chi connectivity index (χ1n) is 7.73. The van der Waals surface area contributed by atoms with Crippen molar-refractivity contribution in [2.75, 3.05) is 20.1 Å². The van der Waals surface area contributed by atoms with E-state index in [9.17, 15) is 0 Å². The summed E-state index contributed by atoms with van der Waals surface area (Å²) < 4.78 is 0. The minimum absolute atomic E-state index is 0.458. The average Bonchev–Trinajstić information content (AvgIpc) is 3.13. The summed E-state index contributed by atoms with van der Waals surface area (Å²) in [6, 6.07) is 9.94. The third-order valence-electron chi connectivity index (χ3n) is 4.40. The van der Waals surface area contributed by atoms with Crippen molar-refractivity contribution in [3.63, 3.8) is 0 Å². The zero-order valence-electron chi connectivity index (χ0n) is 12.8. The summed E-state index contributed by atoms with van der Waals surface area (Å²) in [5.74, 6) is 0.717. The Balaban J connectivity index is 1.70. The normalized spacial score (nSPS) is 25.0. The van der Waals surface area contributed by atoms with E-state index in [1.165, 1.54) is 29.3 Å². The van der Waals surface area contributed by atoms with Crippen LogP contribution in [0.25, 0.3) is 0 Å². The van der Waals surface area contributed by atoms with Crippen molar-refractivity contribution in [2.24, 2.45) is 5.92 Å². The molecular weight excluding hydrogens is 296 g/mol. The van der Waals surface area contributed by atoms with Crippen LogP contribution in [0.4, 0.5) is 0 Å². The smallest absolute Gasteiger partial charge is 0.0465 e. The highest BCUT2D eigenvalue weighted by Gasteiger charge is 2.27. The Bertz CT molecular complexity index is 521. The molecule has 0 aromatic carbocycles. The molecule has 0 aliphatic carbocycles. The lowest BCUT2D eigenvalue weighted by atomic mass is 9.93. The van der Waals surface area contributed by atoms with Crippen molar-refractivity contribution in [3.05, 3.63) is 44.8 Å². The Kier molecular flexibility index (Phi) is 5.11. The second-order valence-electron chi connectivity index (χ2n) is 6.15. The molecule has 0 bridgehead atoms. The molecular formula is C17H24N2S2. The van der Waals surface area contributed by atoms with Crippen molar-refractivity contribution in [3.8, 4) is 0 Å². The number of hydrogen-bond donors (Lipinski definition) is 1. The molecule has 2 aromatic heterocycles. The molecule has 1 N–H and O–H groups in total. The summed E-state index contributed by atoms with van der Waals surface area (Å²) in [6.07, 6.45) is 2.36. The molecule has 114 valence electrons. The number of nitrogens with one attached hydrogen (secondary N) is 1. The molecule has 0 amide bonds. The van der Waals surface area contributed by atoms with E-state index in [-0.39, 0.29) is 0 Å². The van der Waals surface area contributed by atoms with E-state index < -0.39 is 0 Å². The topological polar surface area (TPSA) is 15.3 Å². The van der Waals surface area contributed by atoms with Crippen LogP contribution in [0.1, 0.15) is 29.1 Å². The zero-order chi connectivity index (χ0) is 14.7. The predicted octanol–water partition coefficient (Wildman–Crippen LogP) is 4.02. The van der Waals surface area contributed by atoms with Crippen molar-refractivity contribution in [2.45, 2.75) is 31.8 Å². The van der Waals surface area contributed by atoms with Gasteiger partial charge in [-0.2, -0.15) is 0 Å². The van der Waals surface area contributed by atoms with Crippen molar-refractivity contribution >= 4 is 22.7 Å². The maximum Gasteiger partial charge on any atom is 0.0465 e. The van der Waals surface area contributed by atoms with E-state index in [2.05, 4.69) is 59.2 Å². The molecule has 1 fully saturated rings. The van der Waals surface area contributed by atoms with Crippen molar-refractivity contribution in [1.29, 1.82) is 0 Å². The van der Waals surface area contributed by atoms with Gasteiger partial charge in [0.2, 0.25) is 0 Å². The van der Waals surface area contributed by atoms with Crippen LogP contribution in [0.3, 0.4) is 0 Å². The molecule has 1 saturated heterocycles. The standard InChI is InChI=1S/C17H24N2S2/c1-13-12-19(2)8-7-15(13)18-16(17-6-4-10-21-17)11-14-5-3-9-20-14/h3-6,9-10,13,15-16,18H,7-8,11-12H2,1-2H3. The van der Waals surface area contributed by atoms with Gasteiger partial charge in [-0.1, -0.05) is 19.1 Å². The molecule has 3 heterocycles. The Labute approximate surface area is 135 Å². The first kappa shape index (κ1) is 15.2. The van der Waals surface area contributed by atoms with E-state index >= 15 is 0 Å². The average molecular weight is 321 g/mol. The first-order valence-corrected chi connectivity index (χ1v) is 9.48. The fraction of sp³-hybridized carbons (Fsp3) is 0.529. The summed E-state index contributed by atoms with van der Waals surface area (Å²) in [5.41, 5.74) is 0. The maximum atomic E-state index is 3.96. The lowest BCUT2D eigenvalue weighted by molar-refractivity contribution is 0.166. The number of thiophene rings is 2. The third kappa shape index (κ3) is 3.95. The SMILES string of the molecule is CC1CN(C)CCC1NC(Cc1cccs1)c1cccs1. The fourth-order valence-corrected chi connectivity index (χ4v) is 4.76. The van der Waals surface area contributed by atoms with Crippen LogP contribution in [-0.4, -0.2) is 31.1 Å². The van der Waals surface area contributed by atoms with Gasteiger partial charge in [0.15, 0.2) is 0 Å². The van der Waals surface area contributed by atoms with Crippen LogP contribution in [0, 0.1) is 5.92 Å². The van der Waals surface area contributed by atoms with Gasteiger partial charge in [0.05, 0.1) is 0 Å². The zero-order valence-corrected chi connectivity index (χ0v) is 14.4. The van der Waals surface area contributed by atoms with E-state index in [1.807, 2.05) is 22.7 Å². The molecule has 3 rings (SSSR count). The second kappa shape index (κ2) is 7.05. The summed E-state index contributed by atoms with van der Waals surface area (Å²) >= 11 is 3.74. The third-order valence-corrected chi connectivity index (χ3v) is 6.28. The molecule has 2 aromatic rings. The summed E-state index contributed by atoms with van der Waals surface area (Å²) in [6.45, 7) is 4.79. The number of piperidine rings is 1. The molecule has 4 heteroatoms. The van der Waals surface area contributed by atoms with Crippen LogP contribution >= 0.6 is 22.7 Å². The fourth-order valence-electron chi connectivity index (χ4n) is 3.22. The molecule has 1 aliphatic heterocycles. The lowest BCUT2D eigenvalue weighted by Crippen LogP contribution is -2.48. The second-order valence-corrected chi connectivity index (χ2v) is 8.16. The molecule has 0 spiro atoms. The number of likely N-dealkylation sites (tertiary alicyclic amines) is 1. The van der Waals surface area contributed by atoms with E-state index in [1.54, 1.807) is 0 Å². The number of rotatable bonds is 5. The summed E-state index contributed by atoms with van der Waals surface area (Å²) in [5, 5.41) is 8.33. The van der Waals surface area contributed by atoms with E-state index in [0.717, 1.165) is 12.3 Å². The molecule has 0 radical (unpaired) electrons. The molecule has 1 aliphatic rings. The van der Waals surface area contributed by atoms with Gasteiger partial charge in [-0.3, -0.25) is 0 Å². The van der Waals surface area contributed by atoms with Crippen LogP contribution in [0.2, 0.25) is 0 Å². The van der Waals surface area contributed by atoms with Gasteiger partial charge in [0.25, 0.3) is 0 Å². The first-order chi connectivity index (χ1) is 10.2. The highest BCUT2D eigenvalue weighted by Crippen LogP contribution is 2.27. The van der Waals surface area contributed by atoms with Gasteiger partial charge in [0, 0.05) is 34.8 Å². The van der Waals surface area contributed by atoms with Crippen molar-refractivity contribution in [1.82, 2.24) is 10.2 Å². The minimum atomic E-state index is 0.458. The number of hydrogen-bond acceptors (Lipinski definition) is 4. The van der Waals surface area contributed by atoms with Crippen LogP contribution in [0.5, 0.6) is 0 Å². The monoisotopic (exact) mass is 320 g/mol. The molecule has 3 atom stereocenters. The minimum Gasteiger partial charge on any atom is -0.306 e. The quantitative estimate of drug-likeness (QED) is 0.895. The Morgan fingerprint density at radius 1 is 1.29 bits per heavy atom. The van der Waals surface area contributed by atoms with E-state index in [0.29, 0.717) is 12.1 Å². The Hall–Kier alpha value is -0.680. The molecule has 2 nitrogen and oxygen atoms in total. The Morgan fingerprint density at radius 2 is 2.10 bits per heavy atom. The van der Waals surface area contributed by atoms with Gasteiger partial charge in [-0.25, -0.2) is 0 Å². The van der Waals surface area contributed by atoms with E-state index in [4.69, 9.17) is 0 Å². The van der Waals surface area contributed by atoms with Gasteiger partial charge in [-0.05, 0) is 48.8 Å². The number of nitrogens with zero attached hydrogens (tertiary/aromatic N) is 1. The maximum absolute atomic E-state index is 3.96. The van der Waals surface area contributed by atoms with Gasteiger partial charge in [0.1, 0.15) is 0 Å². The molecule has 3 unspecified atom stereocenters. The van der Waals surface area contributed by atoms with Gasteiger partial charge in [-0.15, -0.1) is 22.7 Å². The predicted molar refractivity (Wildman–Crippen MR) is 93.3 cm³/mol. The van der Waals surface area contributed by atoms with Crippen molar-refractivity contribution < 1.29 is 0 Å². The van der Waals surface area contributed by atoms with Gasteiger partial charge >= 0.3 is 0 Å². The summed E-state index contributed by atoms with van der Waals surface area (Å²) in [4.78, 5) is 5.39. The highest BCUT2D eigenvalue weighted by atomic mass is 32.1. The van der Waals surface area contributed by atoms with Crippen LogP contribution in [0.15, 0.2) is 35.0 Å². The molecule has 0 saturated carbocycles. The summed E-state index contributed by atoms with van der Waals surface area (Å²) in [7, 11) is 2.23. The molecule has 21 heavy (non-hydrogen) atoms. The largest absolute Gasteiger partial charge is 0.306 e. The highest BCUT2D eigenvalue weighted by molar-refractivity contribution is 7.10. The Morgan fingerprint density at radius 3 is 2.76 bits per heavy atom. The van der Waals surface area contributed by atoms with Crippen LogP contribution in [-0.2, 0) is 6.42 Å². The lowest BCUT2D eigenvalue weighted by Gasteiger charge is -2.37. The van der Waals surface area contributed by atoms with Crippen LogP contribution < -0.4 is 5.32 Å². The van der Waals surface area contributed by atoms with Gasteiger partial charge < -0.3 is 10.2 Å².